The summed E-state index contributed by atoms with van der Waals surface area (Å²) in [7, 11) is 0. The molecule has 2 unspecified atom stereocenters. The fourth-order valence-corrected chi connectivity index (χ4v) is 1.55. The van der Waals surface area contributed by atoms with Gasteiger partial charge in [-0.1, -0.05) is 0 Å². The van der Waals surface area contributed by atoms with Crippen molar-refractivity contribution in [3.8, 4) is 5.88 Å². The number of fused-ring (bicyclic) bond motifs is 1. The average Bonchev–Trinajstić information content (AvgIpc) is 2.43. The fourth-order valence-electron chi connectivity index (χ4n) is 1.55. The number of carbonyl (C=O) groups is 1. The lowest BCUT2D eigenvalue weighted by atomic mass is 10.1. The van der Waals surface area contributed by atoms with Crippen molar-refractivity contribution in [3.63, 3.8) is 0 Å². The molecule has 1 aromatic rings. The molecule has 0 radical (unpaired) electrons. The Labute approximate surface area is 81.9 Å². The Kier molecular flexibility index (Phi) is 2.11. The maximum atomic E-state index is 10.9. The van der Waals surface area contributed by atoms with Gasteiger partial charge in [0, 0.05) is 13.1 Å². The Morgan fingerprint density at radius 3 is 3.14 bits per heavy atom. The van der Waals surface area contributed by atoms with Crippen LogP contribution in [-0.4, -0.2) is 17.1 Å². The molecule has 4 nitrogen and oxygen atoms in total. The first-order valence-electron chi connectivity index (χ1n) is 4.47. The van der Waals surface area contributed by atoms with Gasteiger partial charge in [-0.3, -0.25) is 4.79 Å². The van der Waals surface area contributed by atoms with Crippen LogP contribution in [0.2, 0.25) is 0 Å². The molecule has 1 aromatic heterocycles. The minimum Gasteiger partial charge on any atom is -0.470 e. The fraction of sp³-hybridized carbons (Fsp3) is 0.400. The standard InChI is InChI=1S/C10H11NO3/c1-6-9(14-7(2)12)8-4-3-5-11-10(8)13-6/h3-6,9H,1-2H3. The number of aromatic nitrogens is 1. The highest BCUT2D eigenvalue weighted by molar-refractivity contribution is 5.66. The lowest BCUT2D eigenvalue weighted by Crippen LogP contribution is -2.18. The normalized spacial score (nSPS) is 23.9. The van der Waals surface area contributed by atoms with Crippen LogP contribution in [0.1, 0.15) is 25.5 Å². The van der Waals surface area contributed by atoms with Crippen molar-refractivity contribution in [2.45, 2.75) is 26.1 Å². The zero-order valence-electron chi connectivity index (χ0n) is 8.06. The number of carbonyl (C=O) groups excluding carboxylic acids is 1. The summed E-state index contributed by atoms with van der Waals surface area (Å²) in [6.45, 7) is 3.25. The van der Waals surface area contributed by atoms with Crippen LogP contribution in [0.15, 0.2) is 18.3 Å². The molecule has 14 heavy (non-hydrogen) atoms. The van der Waals surface area contributed by atoms with E-state index in [0.29, 0.717) is 5.88 Å². The lowest BCUT2D eigenvalue weighted by molar-refractivity contribution is -0.149. The molecule has 0 amide bonds. The zero-order chi connectivity index (χ0) is 10.1. The molecule has 1 aliphatic heterocycles. The molecule has 0 aromatic carbocycles. The van der Waals surface area contributed by atoms with Crippen LogP contribution < -0.4 is 4.74 Å². The minimum absolute atomic E-state index is 0.163. The van der Waals surface area contributed by atoms with E-state index in [1.54, 1.807) is 12.3 Å². The van der Waals surface area contributed by atoms with E-state index >= 15 is 0 Å². The predicted octanol–water partition coefficient (Wildman–Crippen LogP) is 1.47. The summed E-state index contributed by atoms with van der Waals surface area (Å²) >= 11 is 0. The largest absolute Gasteiger partial charge is 0.470 e. The molecular weight excluding hydrogens is 182 g/mol. The summed E-state index contributed by atoms with van der Waals surface area (Å²) in [5, 5.41) is 0. The molecule has 0 aliphatic carbocycles. The summed E-state index contributed by atoms with van der Waals surface area (Å²) in [5.74, 6) is 0.258. The summed E-state index contributed by atoms with van der Waals surface area (Å²) in [6.07, 6.45) is 1.17. The van der Waals surface area contributed by atoms with E-state index < -0.39 is 0 Å². The number of hydrogen-bond donors (Lipinski definition) is 0. The molecule has 1 aliphatic rings. The topological polar surface area (TPSA) is 48.4 Å². The summed E-state index contributed by atoms with van der Waals surface area (Å²) in [4.78, 5) is 14.9. The van der Waals surface area contributed by atoms with Crippen LogP contribution in [0.25, 0.3) is 0 Å². The second-order valence-electron chi connectivity index (χ2n) is 3.25. The Hall–Kier alpha value is -1.58. The molecule has 74 valence electrons. The molecule has 2 rings (SSSR count). The molecule has 4 heteroatoms. The number of nitrogens with zero attached hydrogens (tertiary/aromatic N) is 1. The van der Waals surface area contributed by atoms with Crippen LogP contribution in [0.3, 0.4) is 0 Å². The molecule has 0 saturated carbocycles. The van der Waals surface area contributed by atoms with Gasteiger partial charge >= 0.3 is 5.97 Å². The second-order valence-corrected chi connectivity index (χ2v) is 3.25. The van der Waals surface area contributed by atoms with Crippen molar-refractivity contribution in [2.24, 2.45) is 0 Å². The van der Waals surface area contributed by atoms with Gasteiger partial charge in [-0.15, -0.1) is 0 Å². The van der Waals surface area contributed by atoms with Crippen LogP contribution in [-0.2, 0) is 9.53 Å². The van der Waals surface area contributed by atoms with Crippen molar-refractivity contribution in [1.82, 2.24) is 4.98 Å². The van der Waals surface area contributed by atoms with Crippen LogP contribution in [0.4, 0.5) is 0 Å². The number of rotatable bonds is 1. The van der Waals surface area contributed by atoms with Gasteiger partial charge in [0.1, 0.15) is 6.10 Å². The van der Waals surface area contributed by atoms with Crippen LogP contribution in [0.5, 0.6) is 5.88 Å². The van der Waals surface area contributed by atoms with Gasteiger partial charge in [0.05, 0.1) is 5.56 Å². The van der Waals surface area contributed by atoms with Gasteiger partial charge in [-0.05, 0) is 19.1 Å². The van der Waals surface area contributed by atoms with Crippen molar-refractivity contribution >= 4 is 5.97 Å². The van der Waals surface area contributed by atoms with E-state index in [1.165, 1.54) is 6.92 Å². The zero-order valence-corrected chi connectivity index (χ0v) is 8.06. The SMILES string of the molecule is CC(=O)OC1c2cccnc2OC1C. The average molecular weight is 193 g/mol. The van der Waals surface area contributed by atoms with Crippen molar-refractivity contribution < 1.29 is 14.3 Å². The second kappa shape index (κ2) is 3.29. The molecule has 0 spiro atoms. The van der Waals surface area contributed by atoms with Crippen molar-refractivity contribution in [2.75, 3.05) is 0 Å². The maximum absolute atomic E-state index is 10.9. The van der Waals surface area contributed by atoms with Gasteiger partial charge in [0.25, 0.3) is 0 Å². The van der Waals surface area contributed by atoms with Crippen molar-refractivity contribution in [1.29, 1.82) is 0 Å². The first kappa shape index (κ1) is 8.99. The Morgan fingerprint density at radius 1 is 1.64 bits per heavy atom. The van der Waals surface area contributed by atoms with Gasteiger partial charge < -0.3 is 9.47 Å². The molecule has 2 heterocycles. The van der Waals surface area contributed by atoms with E-state index in [1.807, 2.05) is 13.0 Å². The number of ether oxygens (including phenoxy) is 2. The van der Waals surface area contributed by atoms with Gasteiger partial charge in [-0.25, -0.2) is 4.98 Å². The van der Waals surface area contributed by atoms with Crippen LogP contribution >= 0.6 is 0 Å². The Morgan fingerprint density at radius 2 is 2.43 bits per heavy atom. The number of pyridine rings is 1. The summed E-state index contributed by atoms with van der Waals surface area (Å²) in [5.41, 5.74) is 0.843. The van der Waals surface area contributed by atoms with E-state index in [2.05, 4.69) is 4.98 Å². The molecular formula is C10H11NO3. The quantitative estimate of drug-likeness (QED) is 0.633. The highest BCUT2D eigenvalue weighted by Crippen LogP contribution is 2.36. The maximum Gasteiger partial charge on any atom is 0.303 e. The van der Waals surface area contributed by atoms with Gasteiger partial charge in [0.15, 0.2) is 6.10 Å². The molecule has 0 bridgehead atoms. The molecule has 2 atom stereocenters. The Bertz CT molecular complexity index is 364. The third-order valence-corrected chi connectivity index (χ3v) is 2.12. The molecule has 0 fully saturated rings. The van der Waals surface area contributed by atoms with E-state index in [-0.39, 0.29) is 18.2 Å². The monoisotopic (exact) mass is 193 g/mol. The molecule has 0 saturated heterocycles. The van der Waals surface area contributed by atoms with E-state index in [4.69, 9.17) is 9.47 Å². The van der Waals surface area contributed by atoms with Gasteiger partial charge in [-0.2, -0.15) is 0 Å². The Balaban J connectivity index is 2.30. The smallest absolute Gasteiger partial charge is 0.303 e. The predicted molar refractivity (Wildman–Crippen MR) is 48.8 cm³/mol. The summed E-state index contributed by atoms with van der Waals surface area (Å²) < 4.78 is 10.6. The molecule has 0 N–H and O–H groups in total. The number of esters is 1. The first-order valence-corrected chi connectivity index (χ1v) is 4.47. The van der Waals surface area contributed by atoms with Crippen LogP contribution in [0, 0.1) is 0 Å². The third-order valence-electron chi connectivity index (χ3n) is 2.12. The number of hydrogen-bond acceptors (Lipinski definition) is 4. The van der Waals surface area contributed by atoms with E-state index in [9.17, 15) is 4.79 Å². The van der Waals surface area contributed by atoms with Crippen molar-refractivity contribution in [3.05, 3.63) is 23.9 Å². The van der Waals surface area contributed by atoms with Gasteiger partial charge in [0.2, 0.25) is 5.88 Å². The third kappa shape index (κ3) is 1.43. The summed E-state index contributed by atoms with van der Waals surface area (Å²) in [6, 6.07) is 3.66. The minimum atomic E-state index is -0.323. The van der Waals surface area contributed by atoms with E-state index in [0.717, 1.165) is 5.56 Å². The lowest BCUT2D eigenvalue weighted by Gasteiger charge is -2.13. The highest BCUT2D eigenvalue weighted by Gasteiger charge is 2.34. The highest BCUT2D eigenvalue weighted by atomic mass is 16.6. The first-order chi connectivity index (χ1) is 6.68.